The highest BCUT2D eigenvalue weighted by Gasteiger charge is 2.09. The first-order valence-electron chi connectivity index (χ1n) is 7.81. The minimum Gasteiger partial charge on any atom is -0.497 e. The zero-order chi connectivity index (χ0) is 18.4. The average molecular weight is 351 g/mol. The molecule has 3 rings (SSSR count). The Kier molecular flexibility index (Phi) is 5.33. The Morgan fingerprint density at radius 2 is 1.81 bits per heavy atom. The minimum absolute atomic E-state index is 0.204. The van der Waals surface area contributed by atoms with E-state index >= 15 is 0 Å². The van der Waals surface area contributed by atoms with Crippen LogP contribution in [0.5, 0.6) is 11.6 Å². The molecule has 2 heterocycles. The predicted octanol–water partition coefficient (Wildman–Crippen LogP) is 1.88. The summed E-state index contributed by atoms with van der Waals surface area (Å²) in [5.41, 5.74) is 2.58. The summed E-state index contributed by atoms with van der Waals surface area (Å²) >= 11 is 0. The fraction of sp³-hybridized carbons (Fsp3) is 0.167. The Morgan fingerprint density at radius 3 is 2.46 bits per heavy atom. The smallest absolute Gasteiger partial charge is 0.272 e. The third kappa shape index (κ3) is 4.10. The van der Waals surface area contributed by atoms with Crippen LogP contribution >= 0.6 is 0 Å². The number of benzene rings is 1. The lowest BCUT2D eigenvalue weighted by molar-refractivity contribution is 0.0944. The quantitative estimate of drug-likeness (QED) is 0.724. The van der Waals surface area contributed by atoms with Crippen molar-refractivity contribution in [3.63, 3.8) is 0 Å². The number of hydrogen-bond acceptors (Lipinski definition) is 7. The van der Waals surface area contributed by atoms with Gasteiger partial charge < -0.3 is 14.8 Å². The Balaban J connectivity index is 1.67. The molecule has 132 valence electrons. The minimum atomic E-state index is -0.343. The Morgan fingerprint density at radius 1 is 1.00 bits per heavy atom. The maximum absolute atomic E-state index is 12.1. The molecule has 0 aliphatic heterocycles. The maximum atomic E-state index is 12.1. The van der Waals surface area contributed by atoms with Crippen molar-refractivity contribution in [2.24, 2.45) is 0 Å². The molecule has 0 atom stereocenters. The van der Waals surface area contributed by atoms with E-state index in [2.05, 4.69) is 25.5 Å². The second-order valence-electron chi connectivity index (χ2n) is 5.27. The number of ether oxygens (including phenoxy) is 2. The fourth-order valence-corrected chi connectivity index (χ4v) is 2.23. The normalized spacial score (nSPS) is 10.2. The van der Waals surface area contributed by atoms with E-state index in [1.165, 1.54) is 13.4 Å². The molecule has 0 fully saturated rings. The van der Waals surface area contributed by atoms with Crippen LogP contribution in [0.15, 0.2) is 48.8 Å². The average Bonchev–Trinajstić information content (AvgIpc) is 2.72. The molecular weight excluding hydrogens is 334 g/mol. The lowest BCUT2D eigenvalue weighted by atomic mass is 10.1. The van der Waals surface area contributed by atoms with Gasteiger partial charge in [0, 0.05) is 11.6 Å². The second kappa shape index (κ2) is 8.02. The number of nitrogens with zero attached hydrogens (tertiary/aromatic N) is 4. The maximum Gasteiger partial charge on any atom is 0.272 e. The van der Waals surface area contributed by atoms with Crippen molar-refractivity contribution < 1.29 is 14.3 Å². The Bertz CT molecular complexity index is 882. The second-order valence-corrected chi connectivity index (χ2v) is 5.27. The summed E-state index contributed by atoms with van der Waals surface area (Å²) < 4.78 is 10.1. The summed E-state index contributed by atoms with van der Waals surface area (Å²) in [4.78, 5) is 20.6. The number of carbonyl (C=O) groups is 1. The molecule has 2 aromatic heterocycles. The van der Waals surface area contributed by atoms with Crippen LogP contribution in [0.4, 0.5) is 0 Å². The van der Waals surface area contributed by atoms with E-state index in [1.54, 1.807) is 19.2 Å². The first kappa shape index (κ1) is 17.3. The number of nitrogens with one attached hydrogen (secondary N) is 1. The lowest BCUT2D eigenvalue weighted by Gasteiger charge is -2.07. The van der Waals surface area contributed by atoms with Gasteiger partial charge in [0.1, 0.15) is 12.1 Å². The first-order chi connectivity index (χ1) is 12.7. The fourth-order valence-electron chi connectivity index (χ4n) is 2.23. The number of rotatable bonds is 6. The molecule has 1 aromatic carbocycles. The van der Waals surface area contributed by atoms with Gasteiger partial charge >= 0.3 is 0 Å². The number of carbonyl (C=O) groups excluding carboxylic acids is 1. The summed E-state index contributed by atoms with van der Waals surface area (Å²) in [6.45, 7) is 0.248. The molecule has 1 N–H and O–H groups in total. The van der Waals surface area contributed by atoms with Crippen LogP contribution < -0.4 is 14.8 Å². The molecule has 8 heteroatoms. The van der Waals surface area contributed by atoms with E-state index in [0.717, 1.165) is 17.0 Å². The zero-order valence-corrected chi connectivity index (χ0v) is 14.3. The molecular formula is C18H17N5O3. The van der Waals surface area contributed by atoms with Gasteiger partial charge in [-0.1, -0.05) is 0 Å². The molecule has 26 heavy (non-hydrogen) atoms. The summed E-state index contributed by atoms with van der Waals surface area (Å²) in [6, 6.07) is 12.5. The topological polar surface area (TPSA) is 99.1 Å². The number of amides is 1. The molecule has 1 amide bonds. The van der Waals surface area contributed by atoms with Crippen molar-refractivity contribution in [3.05, 3.63) is 60.2 Å². The first-order valence-corrected chi connectivity index (χ1v) is 7.81. The van der Waals surface area contributed by atoms with Gasteiger partial charge in [0.2, 0.25) is 5.88 Å². The van der Waals surface area contributed by atoms with Gasteiger partial charge in [0.15, 0.2) is 5.69 Å². The zero-order valence-electron chi connectivity index (χ0n) is 14.3. The predicted molar refractivity (Wildman–Crippen MR) is 93.8 cm³/mol. The summed E-state index contributed by atoms with van der Waals surface area (Å²) in [5.74, 6) is 0.780. The van der Waals surface area contributed by atoms with Crippen molar-refractivity contribution in [1.29, 1.82) is 0 Å². The molecule has 3 aromatic rings. The third-order valence-corrected chi connectivity index (χ3v) is 3.62. The van der Waals surface area contributed by atoms with Gasteiger partial charge in [-0.3, -0.25) is 4.79 Å². The van der Waals surface area contributed by atoms with Gasteiger partial charge in [-0.05, 0) is 36.4 Å². The van der Waals surface area contributed by atoms with Crippen molar-refractivity contribution in [1.82, 2.24) is 25.5 Å². The summed E-state index contributed by atoms with van der Waals surface area (Å²) in [6.07, 6.45) is 1.47. The van der Waals surface area contributed by atoms with Crippen molar-refractivity contribution in [2.75, 3.05) is 14.2 Å². The van der Waals surface area contributed by atoms with E-state index in [4.69, 9.17) is 9.47 Å². The molecule has 0 saturated carbocycles. The molecule has 8 nitrogen and oxygen atoms in total. The van der Waals surface area contributed by atoms with E-state index in [1.807, 2.05) is 30.3 Å². The van der Waals surface area contributed by atoms with Crippen LogP contribution in [0.3, 0.4) is 0 Å². The van der Waals surface area contributed by atoms with Crippen LogP contribution in [0.1, 0.15) is 16.2 Å². The standard InChI is InChI=1S/C18H17N5O3/c1-25-14-5-3-12(4-6-14)16-9-13(20-11-21-16)10-19-18(24)15-7-8-17(26-2)23-22-15/h3-9,11H,10H2,1-2H3,(H,19,24). The van der Waals surface area contributed by atoms with Crippen molar-refractivity contribution in [2.45, 2.75) is 6.54 Å². The monoisotopic (exact) mass is 351 g/mol. The van der Waals surface area contributed by atoms with Gasteiger partial charge in [-0.2, -0.15) is 0 Å². The third-order valence-electron chi connectivity index (χ3n) is 3.62. The molecule has 0 bridgehead atoms. The van der Waals surface area contributed by atoms with Crippen LogP contribution in [0, 0.1) is 0 Å². The van der Waals surface area contributed by atoms with Crippen LogP contribution in [0.25, 0.3) is 11.3 Å². The highest BCUT2D eigenvalue weighted by molar-refractivity contribution is 5.92. The van der Waals surface area contributed by atoms with Gasteiger partial charge in [-0.25, -0.2) is 9.97 Å². The number of hydrogen-bond donors (Lipinski definition) is 1. The van der Waals surface area contributed by atoms with Gasteiger partial charge in [0.05, 0.1) is 32.2 Å². The van der Waals surface area contributed by atoms with E-state index in [-0.39, 0.29) is 18.1 Å². The number of methoxy groups -OCH3 is 2. The molecule has 0 aliphatic rings. The highest BCUT2D eigenvalue weighted by atomic mass is 16.5. The Labute approximate surface area is 150 Å². The van der Waals surface area contributed by atoms with E-state index in [9.17, 15) is 4.79 Å². The van der Waals surface area contributed by atoms with Gasteiger partial charge in [0.25, 0.3) is 5.91 Å². The number of aromatic nitrogens is 4. The SMILES string of the molecule is COc1ccc(-c2cc(CNC(=O)c3ccc(OC)nn3)ncn2)cc1. The molecule has 0 saturated heterocycles. The lowest BCUT2D eigenvalue weighted by Crippen LogP contribution is -2.24. The van der Waals surface area contributed by atoms with Crippen molar-refractivity contribution >= 4 is 5.91 Å². The van der Waals surface area contributed by atoms with Crippen LogP contribution in [0.2, 0.25) is 0 Å². The largest absolute Gasteiger partial charge is 0.497 e. The Hall–Kier alpha value is -3.55. The summed E-state index contributed by atoms with van der Waals surface area (Å²) in [7, 11) is 3.10. The van der Waals surface area contributed by atoms with E-state index in [0.29, 0.717) is 11.6 Å². The molecule has 0 aliphatic carbocycles. The molecule has 0 spiro atoms. The molecule has 0 radical (unpaired) electrons. The van der Waals surface area contributed by atoms with Gasteiger partial charge in [-0.15, -0.1) is 10.2 Å². The van der Waals surface area contributed by atoms with E-state index < -0.39 is 0 Å². The highest BCUT2D eigenvalue weighted by Crippen LogP contribution is 2.20. The van der Waals surface area contributed by atoms with Crippen LogP contribution in [-0.4, -0.2) is 40.3 Å². The van der Waals surface area contributed by atoms with Crippen LogP contribution in [-0.2, 0) is 6.54 Å². The molecule has 0 unspecified atom stereocenters. The summed E-state index contributed by atoms with van der Waals surface area (Å²) in [5, 5.41) is 10.3. The van der Waals surface area contributed by atoms with Crippen molar-refractivity contribution in [3.8, 4) is 22.9 Å².